The highest BCUT2D eigenvalue weighted by Gasteiger charge is 2.22. The van der Waals surface area contributed by atoms with E-state index in [1.807, 2.05) is 31.2 Å². The van der Waals surface area contributed by atoms with Gasteiger partial charge < -0.3 is 15.6 Å². The monoisotopic (exact) mass is 431 g/mol. The van der Waals surface area contributed by atoms with Crippen molar-refractivity contribution in [3.05, 3.63) is 64.2 Å². The van der Waals surface area contributed by atoms with Crippen molar-refractivity contribution in [2.24, 2.45) is 0 Å². The largest absolute Gasteiger partial charge is 0.494 e. The summed E-state index contributed by atoms with van der Waals surface area (Å²) in [6.45, 7) is 2.36. The molecule has 0 spiro atoms. The van der Waals surface area contributed by atoms with Gasteiger partial charge in [-0.3, -0.25) is 18.9 Å². The normalized spacial score (nSPS) is 13.0. The second-order valence-corrected chi connectivity index (χ2v) is 7.75. The van der Waals surface area contributed by atoms with E-state index in [9.17, 15) is 19.4 Å². The van der Waals surface area contributed by atoms with Crippen molar-refractivity contribution in [1.82, 2.24) is 14.8 Å². The van der Waals surface area contributed by atoms with Crippen LogP contribution in [-0.4, -0.2) is 47.5 Å². The first-order valence-electron chi connectivity index (χ1n) is 9.13. The topological polar surface area (TPSA) is 146 Å². The van der Waals surface area contributed by atoms with E-state index in [1.165, 1.54) is 22.8 Å². The Kier molecular flexibility index (Phi) is 6.75. The van der Waals surface area contributed by atoms with E-state index in [4.69, 9.17) is 10.5 Å². The SMILES string of the molecule is CCOc1ccccc1C[C@H](O)CS(=O)c1nnc(N)n1-c1cccc([N+](=O)[O-])c1. The third kappa shape index (κ3) is 4.81. The Bertz CT molecular complexity index is 1070. The fourth-order valence-electron chi connectivity index (χ4n) is 2.95. The zero-order valence-electron chi connectivity index (χ0n) is 16.2. The molecule has 3 aromatic rings. The molecule has 1 unspecified atom stereocenters. The number of nitrogens with two attached hydrogens (primary N) is 1. The molecule has 10 nitrogen and oxygen atoms in total. The molecule has 0 fully saturated rings. The summed E-state index contributed by atoms with van der Waals surface area (Å²) in [6.07, 6.45) is -0.702. The van der Waals surface area contributed by atoms with Crippen molar-refractivity contribution < 1.29 is 19.0 Å². The lowest BCUT2D eigenvalue weighted by Gasteiger charge is -2.14. The smallest absolute Gasteiger partial charge is 0.271 e. The number of para-hydroxylation sites is 1. The van der Waals surface area contributed by atoms with E-state index in [0.29, 0.717) is 18.0 Å². The van der Waals surface area contributed by atoms with E-state index < -0.39 is 21.8 Å². The molecule has 0 saturated heterocycles. The average molecular weight is 431 g/mol. The van der Waals surface area contributed by atoms with Crippen molar-refractivity contribution >= 4 is 22.4 Å². The summed E-state index contributed by atoms with van der Waals surface area (Å²) >= 11 is 0. The van der Waals surface area contributed by atoms with Gasteiger partial charge in [-0.2, -0.15) is 0 Å². The fraction of sp³-hybridized carbons (Fsp3) is 0.263. The molecule has 1 heterocycles. The van der Waals surface area contributed by atoms with Gasteiger partial charge in [0, 0.05) is 18.6 Å². The number of aliphatic hydroxyl groups excluding tert-OH is 1. The Morgan fingerprint density at radius 2 is 2.03 bits per heavy atom. The third-order valence-electron chi connectivity index (χ3n) is 4.23. The van der Waals surface area contributed by atoms with E-state index >= 15 is 0 Å². The standard InChI is InChI=1S/C19H21N5O5S/c1-2-29-17-9-4-3-6-13(17)10-16(25)12-30(28)19-22-21-18(20)23(19)14-7-5-8-15(11-14)24(26)27/h3-9,11,16,25H,2,10,12H2,1H3,(H2,20,21)/t16-,30?/m0/s1. The zero-order valence-corrected chi connectivity index (χ0v) is 17.0. The summed E-state index contributed by atoms with van der Waals surface area (Å²) in [5.74, 6) is 0.483. The number of non-ortho nitro benzene ring substituents is 1. The third-order valence-corrected chi connectivity index (χ3v) is 5.59. The summed E-state index contributed by atoms with van der Waals surface area (Å²) < 4.78 is 19.7. The van der Waals surface area contributed by atoms with Crippen LogP contribution < -0.4 is 10.5 Å². The van der Waals surface area contributed by atoms with Crippen LogP contribution in [0, 0.1) is 10.1 Å². The first-order chi connectivity index (χ1) is 14.4. The summed E-state index contributed by atoms with van der Waals surface area (Å²) in [5.41, 5.74) is 6.81. The lowest BCUT2D eigenvalue weighted by atomic mass is 10.1. The predicted octanol–water partition coefficient (Wildman–Crippen LogP) is 1.87. The van der Waals surface area contributed by atoms with Gasteiger partial charge in [0.05, 0.1) is 39.9 Å². The Morgan fingerprint density at radius 3 is 2.77 bits per heavy atom. The molecule has 1 aromatic heterocycles. The molecule has 0 bridgehead atoms. The molecular formula is C19H21N5O5S. The Labute approximate surface area is 174 Å². The number of rotatable bonds is 9. The number of nitrogens with zero attached hydrogens (tertiary/aromatic N) is 4. The van der Waals surface area contributed by atoms with Crippen molar-refractivity contribution in [2.45, 2.75) is 24.6 Å². The van der Waals surface area contributed by atoms with Crippen molar-refractivity contribution in [3.63, 3.8) is 0 Å². The van der Waals surface area contributed by atoms with Gasteiger partial charge in [0.25, 0.3) is 5.69 Å². The Balaban J connectivity index is 1.80. The molecule has 0 amide bonds. The van der Waals surface area contributed by atoms with E-state index in [1.54, 1.807) is 6.07 Å². The van der Waals surface area contributed by atoms with Gasteiger partial charge in [-0.15, -0.1) is 10.2 Å². The van der Waals surface area contributed by atoms with Crippen LogP contribution in [0.3, 0.4) is 0 Å². The highest BCUT2D eigenvalue weighted by atomic mass is 32.2. The molecule has 2 atom stereocenters. The Morgan fingerprint density at radius 1 is 1.27 bits per heavy atom. The lowest BCUT2D eigenvalue weighted by molar-refractivity contribution is -0.384. The highest BCUT2D eigenvalue weighted by molar-refractivity contribution is 7.84. The van der Waals surface area contributed by atoms with Crippen LogP contribution in [0.15, 0.2) is 53.7 Å². The van der Waals surface area contributed by atoms with Gasteiger partial charge in [-0.05, 0) is 24.6 Å². The number of aliphatic hydroxyl groups is 1. The van der Waals surface area contributed by atoms with E-state index in [0.717, 1.165) is 5.56 Å². The molecule has 3 rings (SSSR count). The molecule has 0 aliphatic heterocycles. The van der Waals surface area contributed by atoms with Crippen LogP contribution in [0.25, 0.3) is 5.69 Å². The van der Waals surface area contributed by atoms with Crippen molar-refractivity contribution in [3.8, 4) is 11.4 Å². The minimum Gasteiger partial charge on any atom is -0.494 e. The summed E-state index contributed by atoms with van der Waals surface area (Å²) in [7, 11) is -1.76. The summed E-state index contributed by atoms with van der Waals surface area (Å²) in [5, 5.41) is 29.1. The molecule has 0 aliphatic rings. The second kappa shape index (κ2) is 9.46. The quantitative estimate of drug-likeness (QED) is 0.385. The number of ether oxygens (including phenoxy) is 1. The zero-order chi connectivity index (χ0) is 21.7. The molecule has 158 valence electrons. The number of hydrogen-bond donors (Lipinski definition) is 2. The minimum atomic E-state index is -1.76. The van der Waals surface area contributed by atoms with Crippen LogP contribution in [0.1, 0.15) is 12.5 Å². The maximum Gasteiger partial charge on any atom is 0.271 e. The number of aromatic nitrogens is 3. The molecule has 3 N–H and O–H groups in total. The van der Waals surface area contributed by atoms with Gasteiger partial charge in [-0.1, -0.05) is 24.3 Å². The molecule has 2 aromatic carbocycles. The maximum absolute atomic E-state index is 12.9. The number of nitro groups is 1. The minimum absolute atomic E-state index is 0.00476. The highest BCUT2D eigenvalue weighted by Crippen LogP contribution is 2.23. The number of nitro benzene ring substituents is 1. The van der Waals surface area contributed by atoms with Crippen LogP contribution in [0.2, 0.25) is 0 Å². The van der Waals surface area contributed by atoms with Crippen LogP contribution in [0.4, 0.5) is 11.6 Å². The van der Waals surface area contributed by atoms with Gasteiger partial charge in [-0.25, -0.2) is 0 Å². The first kappa shape index (κ1) is 21.4. The second-order valence-electron chi connectivity index (χ2n) is 6.36. The summed E-state index contributed by atoms with van der Waals surface area (Å²) in [4.78, 5) is 10.5. The Hall–Kier alpha value is -3.31. The molecular weight excluding hydrogens is 410 g/mol. The average Bonchev–Trinajstić information content (AvgIpc) is 3.11. The predicted molar refractivity (Wildman–Crippen MR) is 111 cm³/mol. The van der Waals surface area contributed by atoms with Gasteiger partial charge in [0.15, 0.2) is 0 Å². The first-order valence-corrected chi connectivity index (χ1v) is 10.5. The molecule has 0 saturated carbocycles. The van der Waals surface area contributed by atoms with Crippen molar-refractivity contribution in [1.29, 1.82) is 0 Å². The van der Waals surface area contributed by atoms with Gasteiger partial charge in [0.2, 0.25) is 11.1 Å². The molecule has 30 heavy (non-hydrogen) atoms. The molecule has 0 aliphatic carbocycles. The number of anilines is 1. The summed E-state index contributed by atoms with van der Waals surface area (Å²) in [6, 6.07) is 13.0. The fourth-order valence-corrected chi connectivity index (χ4v) is 4.10. The lowest BCUT2D eigenvalue weighted by Crippen LogP contribution is -2.21. The van der Waals surface area contributed by atoms with Crippen molar-refractivity contribution in [2.75, 3.05) is 18.1 Å². The van der Waals surface area contributed by atoms with Crippen LogP contribution in [-0.2, 0) is 17.2 Å². The number of hydrogen-bond acceptors (Lipinski definition) is 8. The van der Waals surface area contributed by atoms with Gasteiger partial charge >= 0.3 is 0 Å². The van der Waals surface area contributed by atoms with Crippen LogP contribution in [0.5, 0.6) is 5.75 Å². The van der Waals surface area contributed by atoms with Gasteiger partial charge in [0.1, 0.15) is 5.75 Å². The van der Waals surface area contributed by atoms with Crippen LogP contribution >= 0.6 is 0 Å². The number of benzene rings is 2. The van der Waals surface area contributed by atoms with E-state index in [2.05, 4.69) is 10.2 Å². The molecule has 11 heteroatoms. The maximum atomic E-state index is 12.9. The van der Waals surface area contributed by atoms with E-state index in [-0.39, 0.29) is 29.0 Å². The number of nitrogen functional groups attached to an aromatic ring is 1. The molecule has 0 radical (unpaired) electrons.